The molecule has 19 heavy (non-hydrogen) atoms. The van der Waals surface area contributed by atoms with Gasteiger partial charge in [-0.2, -0.15) is 0 Å². The van der Waals surface area contributed by atoms with Gasteiger partial charge in [0.05, 0.1) is 11.4 Å². The fraction of sp³-hybridized carbons (Fsp3) is 0.400. The van der Waals surface area contributed by atoms with Crippen LogP contribution in [0.15, 0.2) is 24.4 Å². The molecule has 2 rings (SSSR count). The number of carboxylic acids is 1. The molecule has 1 unspecified atom stereocenters. The Bertz CT molecular complexity index is 613. The lowest BCUT2D eigenvalue weighted by Gasteiger charge is -2.08. The lowest BCUT2D eigenvalue weighted by molar-refractivity contribution is -0.141. The molecular formula is C15H19NO3. The lowest BCUT2D eigenvalue weighted by Crippen LogP contribution is -2.12. The summed E-state index contributed by atoms with van der Waals surface area (Å²) < 4.78 is 2.07. The molecule has 0 spiro atoms. The molecule has 2 aromatic rings. The van der Waals surface area contributed by atoms with E-state index in [0.29, 0.717) is 6.42 Å². The number of aliphatic carboxylic acids is 1. The standard InChI is InChI=1S/C15H19NO3/c1-9(2)16-8-11(6-10(3)15(18)19)13-5-4-12(17)7-14(13)16/h4-5,7-10,17H,6H2,1-3H3,(H,18,19). The van der Waals surface area contributed by atoms with E-state index in [1.54, 1.807) is 19.1 Å². The van der Waals surface area contributed by atoms with E-state index in [1.165, 1.54) is 0 Å². The van der Waals surface area contributed by atoms with Gasteiger partial charge < -0.3 is 14.8 Å². The maximum Gasteiger partial charge on any atom is 0.306 e. The Kier molecular flexibility index (Phi) is 3.51. The van der Waals surface area contributed by atoms with Crippen molar-refractivity contribution in [3.63, 3.8) is 0 Å². The highest BCUT2D eigenvalue weighted by Gasteiger charge is 2.17. The summed E-state index contributed by atoms with van der Waals surface area (Å²) in [5.41, 5.74) is 1.96. The van der Waals surface area contributed by atoms with Gasteiger partial charge in [0, 0.05) is 23.7 Å². The van der Waals surface area contributed by atoms with Gasteiger partial charge in [-0.25, -0.2) is 0 Å². The van der Waals surface area contributed by atoms with Crippen molar-refractivity contribution < 1.29 is 15.0 Å². The van der Waals surface area contributed by atoms with Crippen molar-refractivity contribution >= 4 is 16.9 Å². The summed E-state index contributed by atoms with van der Waals surface area (Å²) in [6.07, 6.45) is 2.49. The van der Waals surface area contributed by atoms with Crippen molar-refractivity contribution in [2.45, 2.75) is 33.2 Å². The SMILES string of the molecule is CC(Cc1cn(C(C)C)c2cc(O)ccc12)C(=O)O. The zero-order valence-corrected chi connectivity index (χ0v) is 11.4. The second-order valence-corrected chi connectivity index (χ2v) is 5.30. The molecule has 0 bridgehead atoms. The normalized spacial score (nSPS) is 13.1. The third-order valence-corrected chi connectivity index (χ3v) is 3.40. The molecule has 2 N–H and O–H groups in total. The van der Waals surface area contributed by atoms with Crippen molar-refractivity contribution in [2.75, 3.05) is 0 Å². The van der Waals surface area contributed by atoms with Gasteiger partial charge in [0.15, 0.2) is 0 Å². The molecule has 1 heterocycles. The first-order valence-electron chi connectivity index (χ1n) is 6.45. The average molecular weight is 261 g/mol. The van der Waals surface area contributed by atoms with Crippen LogP contribution in [0.5, 0.6) is 5.75 Å². The van der Waals surface area contributed by atoms with Crippen LogP contribution < -0.4 is 0 Å². The second-order valence-electron chi connectivity index (χ2n) is 5.30. The molecule has 102 valence electrons. The zero-order valence-electron chi connectivity index (χ0n) is 11.4. The van der Waals surface area contributed by atoms with E-state index in [-0.39, 0.29) is 11.8 Å². The molecule has 0 saturated carbocycles. The lowest BCUT2D eigenvalue weighted by atomic mass is 10.0. The third kappa shape index (κ3) is 2.57. The molecule has 1 aromatic heterocycles. The van der Waals surface area contributed by atoms with Crippen LogP contribution in [0.4, 0.5) is 0 Å². The number of benzene rings is 1. The molecule has 0 aliphatic rings. The number of aromatic hydroxyl groups is 1. The summed E-state index contributed by atoms with van der Waals surface area (Å²) in [6.45, 7) is 5.84. The molecule has 0 fully saturated rings. The maximum absolute atomic E-state index is 11.0. The first-order valence-corrected chi connectivity index (χ1v) is 6.45. The summed E-state index contributed by atoms with van der Waals surface area (Å²) in [4.78, 5) is 11.0. The van der Waals surface area contributed by atoms with Crippen molar-refractivity contribution in [1.82, 2.24) is 4.57 Å². The number of carbonyl (C=O) groups is 1. The molecular weight excluding hydrogens is 242 g/mol. The number of aromatic nitrogens is 1. The predicted molar refractivity (Wildman–Crippen MR) is 74.5 cm³/mol. The summed E-state index contributed by atoms with van der Waals surface area (Å²) in [7, 11) is 0. The molecule has 4 heteroatoms. The number of nitrogens with zero attached hydrogens (tertiary/aromatic N) is 1. The number of carboxylic acid groups (broad SMARTS) is 1. The number of phenolic OH excluding ortho intramolecular Hbond substituents is 1. The number of rotatable bonds is 4. The maximum atomic E-state index is 11.0. The Morgan fingerprint density at radius 2 is 2.00 bits per heavy atom. The largest absolute Gasteiger partial charge is 0.508 e. The smallest absolute Gasteiger partial charge is 0.306 e. The topological polar surface area (TPSA) is 62.5 Å². The van der Waals surface area contributed by atoms with E-state index in [1.807, 2.05) is 12.3 Å². The second kappa shape index (κ2) is 4.96. The number of hydrogen-bond acceptors (Lipinski definition) is 2. The van der Waals surface area contributed by atoms with Crippen LogP contribution in [-0.2, 0) is 11.2 Å². The average Bonchev–Trinajstić information content (AvgIpc) is 2.67. The summed E-state index contributed by atoms with van der Waals surface area (Å²) in [5.74, 6) is -0.977. The minimum Gasteiger partial charge on any atom is -0.508 e. The highest BCUT2D eigenvalue weighted by molar-refractivity contribution is 5.86. The van der Waals surface area contributed by atoms with Crippen molar-refractivity contribution in [3.05, 3.63) is 30.0 Å². The molecule has 4 nitrogen and oxygen atoms in total. The zero-order chi connectivity index (χ0) is 14.2. The molecule has 0 aliphatic carbocycles. The van der Waals surface area contributed by atoms with E-state index in [2.05, 4.69) is 18.4 Å². The summed E-state index contributed by atoms with van der Waals surface area (Å²) >= 11 is 0. The molecule has 0 aliphatic heterocycles. The van der Waals surface area contributed by atoms with Gasteiger partial charge in [-0.3, -0.25) is 4.79 Å². The van der Waals surface area contributed by atoms with Gasteiger partial charge in [0.1, 0.15) is 5.75 Å². The van der Waals surface area contributed by atoms with Crippen LogP contribution >= 0.6 is 0 Å². The van der Waals surface area contributed by atoms with Crippen molar-refractivity contribution in [3.8, 4) is 5.75 Å². The minimum atomic E-state index is -0.788. The number of phenols is 1. The van der Waals surface area contributed by atoms with Crippen LogP contribution in [0.2, 0.25) is 0 Å². The fourth-order valence-corrected chi connectivity index (χ4v) is 2.32. The third-order valence-electron chi connectivity index (χ3n) is 3.40. The molecule has 0 radical (unpaired) electrons. The van der Waals surface area contributed by atoms with Gasteiger partial charge in [0.25, 0.3) is 0 Å². The summed E-state index contributed by atoms with van der Waals surface area (Å²) in [5, 5.41) is 19.7. The highest BCUT2D eigenvalue weighted by atomic mass is 16.4. The van der Waals surface area contributed by atoms with Crippen LogP contribution in [-0.4, -0.2) is 20.7 Å². The fourth-order valence-electron chi connectivity index (χ4n) is 2.32. The van der Waals surface area contributed by atoms with E-state index in [0.717, 1.165) is 16.5 Å². The quantitative estimate of drug-likeness (QED) is 0.888. The van der Waals surface area contributed by atoms with Gasteiger partial charge in [-0.15, -0.1) is 0 Å². The minimum absolute atomic E-state index is 0.227. The Balaban J connectivity index is 2.53. The Morgan fingerprint density at radius 1 is 1.32 bits per heavy atom. The first kappa shape index (κ1) is 13.5. The number of hydrogen-bond donors (Lipinski definition) is 2. The van der Waals surface area contributed by atoms with Crippen LogP contribution in [0.1, 0.15) is 32.4 Å². The van der Waals surface area contributed by atoms with Crippen molar-refractivity contribution in [1.29, 1.82) is 0 Å². The van der Waals surface area contributed by atoms with Crippen LogP contribution in [0.3, 0.4) is 0 Å². The predicted octanol–water partition coefficient (Wildman–Crippen LogP) is 3.19. The summed E-state index contributed by atoms with van der Waals surface area (Å²) in [6, 6.07) is 5.48. The Morgan fingerprint density at radius 3 is 2.58 bits per heavy atom. The van der Waals surface area contributed by atoms with E-state index >= 15 is 0 Å². The monoisotopic (exact) mass is 261 g/mol. The van der Waals surface area contributed by atoms with E-state index in [9.17, 15) is 9.90 Å². The van der Waals surface area contributed by atoms with Gasteiger partial charge >= 0.3 is 5.97 Å². The van der Waals surface area contributed by atoms with Crippen LogP contribution in [0.25, 0.3) is 10.9 Å². The van der Waals surface area contributed by atoms with E-state index < -0.39 is 11.9 Å². The number of fused-ring (bicyclic) bond motifs is 1. The van der Waals surface area contributed by atoms with Gasteiger partial charge in [-0.1, -0.05) is 6.92 Å². The van der Waals surface area contributed by atoms with Gasteiger partial charge in [0.2, 0.25) is 0 Å². The van der Waals surface area contributed by atoms with E-state index in [4.69, 9.17) is 5.11 Å². The Labute approximate surface area is 112 Å². The van der Waals surface area contributed by atoms with Gasteiger partial charge in [-0.05, 0) is 38.0 Å². The van der Waals surface area contributed by atoms with Crippen molar-refractivity contribution in [2.24, 2.45) is 5.92 Å². The molecule has 1 aromatic carbocycles. The molecule has 1 atom stereocenters. The Hall–Kier alpha value is -1.97. The highest BCUT2D eigenvalue weighted by Crippen LogP contribution is 2.29. The van der Waals surface area contributed by atoms with Crippen LogP contribution in [0, 0.1) is 5.92 Å². The molecule has 0 amide bonds. The first-order chi connectivity index (χ1) is 8.90. The molecule has 0 saturated heterocycles.